The molecule has 3 rings (SSSR count). The SMILES string of the molecule is CCOc1ccc(-c2n[nH]c(=S)n2CCC(=O)Nc2cccc(CC)c2)cc1. The minimum atomic E-state index is -0.0611. The van der Waals surface area contributed by atoms with E-state index in [2.05, 4.69) is 22.4 Å². The fraction of sp³-hybridized carbons (Fsp3) is 0.286. The monoisotopic (exact) mass is 396 g/mol. The number of carbonyl (C=O) groups is 1. The number of rotatable bonds is 8. The number of hydrogen-bond donors (Lipinski definition) is 2. The Hall–Kier alpha value is -2.93. The van der Waals surface area contributed by atoms with Crippen LogP contribution in [0.2, 0.25) is 0 Å². The van der Waals surface area contributed by atoms with Gasteiger partial charge in [0.05, 0.1) is 6.61 Å². The van der Waals surface area contributed by atoms with Gasteiger partial charge in [-0.2, -0.15) is 5.10 Å². The predicted octanol–water partition coefficient (Wildman–Crippen LogP) is 4.60. The summed E-state index contributed by atoms with van der Waals surface area (Å²) < 4.78 is 7.81. The molecule has 0 unspecified atom stereocenters. The molecule has 0 fully saturated rings. The molecule has 0 saturated carbocycles. The number of nitrogens with zero attached hydrogens (tertiary/aromatic N) is 2. The van der Waals surface area contributed by atoms with Gasteiger partial charge in [-0.3, -0.25) is 14.5 Å². The summed E-state index contributed by atoms with van der Waals surface area (Å²) in [6.45, 7) is 5.10. The van der Waals surface area contributed by atoms with Gasteiger partial charge in [0.15, 0.2) is 10.6 Å². The standard InChI is InChI=1S/C21H24N4O2S/c1-3-15-6-5-7-17(14-15)22-19(26)12-13-25-20(23-24-21(25)28)16-8-10-18(11-9-16)27-4-2/h5-11,14H,3-4,12-13H2,1-2H3,(H,22,26)(H,24,28). The lowest BCUT2D eigenvalue weighted by Crippen LogP contribution is -2.15. The molecule has 146 valence electrons. The number of aromatic nitrogens is 3. The van der Waals surface area contributed by atoms with E-state index in [0.717, 1.165) is 23.4 Å². The largest absolute Gasteiger partial charge is 0.494 e. The maximum atomic E-state index is 12.4. The van der Waals surface area contributed by atoms with E-state index in [9.17, 15) is 4.79 Å². The highest BCUT2D eigenvalue weighted by Gasteiger charge is 2.11. The molecule has 0 atom stereocenters. The highest BCUT2D eigenvalue weighted by Crippen LogP contribution is 2.21. The zero-order valence-electron chi connectivity index (χ0n) is 16.1. The summed E-state index contributed by atoms with van der Waals surface area (Å²) in [7, 11) is 0. The fourth-order valence-electron chi connectivity index (χ4n) is 2.92. The number of ether oxygens (including phenoxy) is 1. The Kier molecular flexibility index (Phi) is 6.60. The highest BCUT2D eigenvalue weighted by atomic mass is 32.1. The summed E-state index contributed by atoms with van der Waals surface area (Å²) in [4.78, 5) is 12.4. The Bertz CT molecular complexity index is 992. The van der Waals surface area contributed by atoms with E-state index < -0.39 is 0 Å². The Balaban J connectivity index is 1.68. The topological polar surface area (TPSA) is 71.9 Å². The van der Waals surface area contributed by atoms with Crippen LogP contribution in [-0.2, 0) is 17.8 Å². The molecule has 1 aromatic heterocycles. The van der Waals surface area contributed by atoms with Gasteiger partial charge in [0.2, 0.25) is 5.91 Å². The molecular formula is C21H24N4O2S. The van der Waals surface area contributed by atoms with Crippen molar-refractivity contribution in [3.8, 4) is 17.1 Å². The summed E-state index contributed by atoms with van der Waals surface area (Å²) in [5, 5.41) is 10.1. The fourth-order valence-corrected chi connectivity index (χ4v) is 3.14. The Morgan fingerprint density at radius 1 is 1.21 bits per heavy atom. The highest BCUT2D eigenvalue weighted by molar-refractivity contribution is 7.71. The van der Waals surface area contributed by atoms with Gasteiger partial charge >= 0.3 is 0 Å². The number of aromatic amines is 1. The first kappa shape index (κ1) is 19.8. The first-order valence-electron chi connectivity index (χ1n) is 9.38. The van der Waals surface area contributed by atoms with Crippen molar-refractivity contribution in [2.24, 2.45) is 0 Å². The lowest BCUT2D eigenvalue weighted by atomic mass is 10.1. The van der Waals surface area contributed by atoms with E-state index in [0.29, 0.717) is 30.2 Å². The Morgan fingerprint density at radius 2 is 2.00 bits per heavy atom. The second kappa shape index (κ2) is 9.32. The molecule has 2 aromatic carbocycles. The van der Waals surface area contributed by atoms with Gasteiger partial charge in [-0.15, -0.1) is 0 Å². The van der Waals surface area contributed by atoms with Crippen LogP contribution in [0.15, 0.2) is 48.5 Å². The molecule has 0 spiro atoms. The number of benzene rings is 2. The van der Waals surface area contributed by atoms with Crippen LogP contribution in [0.1, 0.15) is 25.8 Å². The summed E-state index contributed by atoms with van der Waals surface area (Å²) in [6, 6.07) is 15.5. The average molecular weight is 397 g/mol. The van der Waals surface area contributed by atoms with Gasteiger partial charge < -0.3 is 10.1 Å². The molecule has 7 heteroatoms. The van der Waals surface area contributed by atoms with E-state index in [-0.39, 0.29) is 5.91 Å². The van der Waals surface area contributed by atoms with E-state index in [1.54, 1.807) is 0 Å². The van der Waals surface area contributed by atoms with Crippen LogP contribution in [0, 0.1) is 4.77 Å². The predicted molar refractivity (Wildman–Crippen MR) is 113 cm³/mol. The molecule has 0 aliphatic carbocycles. The third kappa shape index (κ3) is 4.86. The quantitative estimate of drug-likeness (QED) is 0.546. The van der Waals surface area contributed by atoms with Crippen LogP contribution in [0.4, 0.5) is 5.69 Å². The molecule has 0 saturated heterocycles. The summed E-state index contributed by atoms with van der Waals surface area (Å²) in [5.41, 5.74) is 2.91. The Labute approximate surface area is 169 Å². The zero-order valence-corrected chi connectivity index (χ0v) is 16.9. The van der Waals surface area contributed by atoms with Crippen molar-refractivity contribution in [1.82, 2.24) is 14.8 Å². The van der Waals surface area contributed by atoms with Crippen molar-refractivity contribution in [3.05, 3.63) is 58.9 Å². The van der Waals surface area contributed by atoms with Crippen molar-refractivity contribution in [2.45, 2.75) is 33.2 Å². The number of carbonyl (C=O) groups excluding carboxylic acids is 1. The van der Waals surface area contributed by atoms with Crippen molar-refractivity contribution >= 4 is 23.8 Å². The van der Waals surface area contributed by atoms with E-state index in [4.69, 9.17) is 17.0 Å². The molecule has 1 amide bonds. The molecule has 6 nitrogen and oxygen atoms in total. The van der Waals surface area contributed by atoms with Crippen molar-refractivity contribution in [2.75, 3.05) is 11.9 Å². The molecule has 2 N–H and O–H groups in total. The van der Waals surface area contributed by atoms with Gasteiger partial charge in [-0.05, 0) is 67.5 Å². The zero-order chi connectivity index (χ0) is 19.9. The Morgan fingerprint density at radius 3 is 2.71 bits per heavy atom. The first-order valence-corrected chi connectivity index (χ1v) is 9.78. The van der Waals surface area contributed by atoms with E-state index in [1.807, 2.05) is 60.0 Å². The maximum absolute atomic E-state index is 12.4. The molecule has 0 aliphatic heterocycles. The van der Waals surface area contributed by atoms with Gasteiger partial charge in [0.25, 0.3) is 0 Å². The van der Waals surface area contributed by atoms with Crippen molar-refractivity contribution < 1.29 is 9.53 Å². The lowest BCUT2D eigenvalue weighted by molar-refractivity contribution is -0.116. The molecular weight excluding hydrogens is 372 g/mol. The van der Waals surface area contributed by atoms with Crippen LogP contribution in [-0.4, -0.2) is 27.3 Å². The van der Waals surface area contributed by atoms with E-state index in [1.165, 1.54) is 5.56 Å². The van der Waals surface area contributed by atoms with E-state index >= 15 is 0 Å². The second-order valence-electron chi connectivity index (χ2n) is 6.31. The second-order valence-corrected chi connectivity index (χ2v) is 6.70. The minimum absolute atomic E-state index is 0.0611. The van der Waals surface area contributed by atoms with Crippen LogP contribution >= 0.6 is 12.2 Å². The maximum Gasteiger partial charge on any atom is 0.226 e. The third-order valence-corrected chi connectivity index (χ3v) is 4.67. The molecule has 3 aromatic rings. The van der Waals surface area contributed by atoms with Gasteiger partial charge in [-0.1, -0.05) is 19.1 Å². The number of anilines is 1. The van der Waals surface area contributed by atoms with Gasteiger partial charge in [-0.25, -0.2) is 0 Å². The number of nitrogens with one attached hydrogen (secondary N) is 2. The molecule has 0 aliphatic rings. The van der Waals surface area contributed by atoms with Gasteiger partial charge in [0.1, 0.15) is 5.75 Å². The third-order valence-electron chi connectivity index (χ3n) is 4.36. The molecule has 1 heterocycles. The minimum Gasteiger partial charge on any atom is -0.494 e. The molecule has 0 bridgehead atoms. The average Bonchev–Trinajstić information content (AvgIpc) is 3.08. The van der Waals surface area contributed by atoms with Gasteiger partial charge in [0, 0.05) is 24.2 Å². The number of hydrogen-bond acceptors (Lipinski definition) is 4. The number of aryl methyl sites for hydroxylation is 1. The van der Waals surface area contributed by atoms with Crippen molar-refractivity contribution in [3.63, 3.8) is 0 Å². The molecule has 28 heavy (non-hydrogen) atoms. The van der Waals surface area contributed by atoms with Crippen LogP contribution in [0.3, 0.4) is 0 Å². The van der Waals surface area contributed by atoms with Crippen molar-refractivity contribution in [1.29, 1.82) is 0 Å². The summed E-state index contributed by atoms with van der Waals surface area (Å²) in [6.07, 6.45) is 1.23. The summed E-state index contributed by atoms with van der Waals surface area (Å²) >= 11 is 5.34. The lowest BCUT2D eigenvalue weighted by Gasteiger charge is -2.09. The normalized spacial score (nSPS) is 10.6. The first-order chi connectivity index (χ1) is 13.6. The smallest absolute Gasteiger partial charge is 0.226 e. The van der Waals surface area contributed by atoms with Crippen LogP contribution in [0.5, 0.6) is 5.75 Å². The number of H-pyrrole nitrogens is 1. The molecule has 0 radical (unpaired) electrons. The number of amides is 1. The van der Waals surface area contributed by atoms with Crippen LogP contribution < -0.4 is 10.1 Å². The summed E-state index contributed by atoms with van der Waals surface area (Å²) in [5.74, 6) is 1.45. The van der Waals surface area contributed by atoms with Crippen LogP contribution in [0.25, 0.3) is 11.4 Å².